The van der Waals surface area contributed by atoms with E-state index in [1.165, 1.54) is 45.8 Å². The van der Waals surface area contributed by atoms with Gasteiger partial charge in [-0.25, -0.2) is 16.8 Å². The quantitative estimate of drug-likeness (QED) is 0.132. The van der Waals surface area contributed by atoms with Gasteiger partial charge in [0.1, 0.15) is 31.6 Å². The minimum absolute atomic E-state index is 0. The standard InChI is InChI=1S/2C20H16N4O5S.Cr/c2*1-12-18(20(26)24(23-12)13-7-3-2-4-8-13)21-22-19-15-10-6-5-9-14(15)17(11-16(19)25)30(27,28)29;/h2*2-11H,1H3,(H3,21,22,23,25,26,27,28,29);/q;;+3/p-3. The molecule has 2 aromatic heterocycles. The summed E-state index contributed by atoms with van der Waals surface area (Å²) in [5.74, 6) is -1.60. The SMILES string of the molecule is Cc1[n-]n(-c2ccccc2)c(=O)c1N=Nc1c([O-])cc(S(=O)(=O)[O-])c2ccccc12.Cc1[n-]n(-c2ccccc2)c(=O)c1N=Nc1c([O-])cc(S(=O)(=O)[O-])c2ccccc12.[Cr+3].[H+].[H+].[H+]. The molecule has 0 aliphatic rings. The zero-order chi connectivity index (χ0) is 42.9. The summed E-state index contributed by atoms with van der Waals surface area (Å²) in [5.41, 5.74) is 0.223. The van der Waals surface area contributed by atoms with Crippen LogP contribution in [0, 0.1) is 13.8 Å². The van der Waals surface area contributed by atoms with E-state index in [4.69, 9.17) is 0 Å². The summed E-state index contributed by atoms with van der Waals surface area (Å²) in [6, 6.07) is 30.8. The van der Waals surface area contributed by atoms with Crippen molar-refractivity contribution in [3.63, 3.8) is 0 Å². The molecular weight excluding hydrogens is 869 g/mol. The van der Waals surface area contributed by atoms with Gasteiger partial charge in [0.05, 0.1) is 21.2 Å². The zero-order valence-corrected chi connectivity index (χ0v) is 34.3. The average Bonchev–Trinajstić information content (AvgIpc) is 3.68. The number of fused-ring (bicyclic) bond motifs is 2. The second-order valence-corrected chi connectivity index (χ2v) is 15.5. The van der Waals surface area contributed by atoms with Crippen molar-refractivity contribution in [2.45, 2.75) is 23.6 Å². The van der Waals surface area contributed by atoms with E-state index in [1.54, 1.807) is 86.6 Å². The van der Waals surface area contributed by atoms with Gasteiger partial charge in [0.25, 0.3) is 11.1 Å². The molecule has 0 aliphatic heterocycles. The van der Waals surface area contributed by atoms with Crippen LogP contribution in [-0.2, 0) is 37.6 Å². The molecular formula is C40H29CrN8O10S2. The molecule has 0 N–H and O–H groups in total. The van der Waals surface area contributed by atoms with E-state index in [-0.39, 0.29) is 65.9 Å². The number of para-hydroxylation sites is 2. The Hall–Kier alpha value is -6.99. The van der Waals surface area contributed by atoms with Crippen LogP contribution in [0.4, 0.5) is 22.7 Å². The van der Waals surface area contributed by atoms with E-state index in [0.717, 1.165) is 12.1 Å². The van der Waals surface area contributed by atoms with Crippen molar-refractivity contribution in [1.82, 2.24) is 19.6 Å². The van der Waals surface area contributed by atoms with Gasteiger partial charge in [0.2, 0.25) is 0 Å². The van der Waals surface area contributed by atoms with Crippen LogP contribution in [0.15, 0.2) is 161 Å². The van der Waals surface area contributed by atoms with Crippen LogP contribution in [0.3, 0.4) is 0 Å². The largest absolute Gasteiger partial charge is 3.00 e. The Bertz CT molecular complexity index is 3160. The van der Waals surface area contributed by atoms with Crippen molar-refractivity contribution < 1.29 is 57.8 Å². The molecule has 18 nitrogen and oxygen atoms in total. The van der Waals surface area contributed by atoms with Gasteiger partial charge in [-0.2, -0.15) is 10.2 Å². The van der Waals surface area contributed by atoms with E-state index >= 15 is 0 Å². The van der Waals surface area contributed by atoms with Gasteiger partial charge >= 0.3 is 21.6 Å². The maximum absolute atomic E-state index is 12.7. The predicted molar refractivity (Wildman–Crippen MR) is 215 cm³/mol. The summed E-state index contributed by atoms with van der Waals surface area (Å²) in [6.07, 6.45) is 0. The fourth-order valence-electron chi connectivity index (χ4n) is 6.14. The molecule has 0 spiro atoms. The molecule has 0 unspecified atom stereocenters. The number of nitrogens with zero attached hydrogens (tertiary/aromatic N) is 8. The molecule has 0 saturated heterocycles. The Morgan fingerprint density at radius 1 is 0.492 bits per heavy atom. The molecule has 61 heavy (non-hydrogen) atoms. The molecule has 307 valence electrons. The molecule has 21 heteroatoms. The van der Waals surface area contributed by atoms with Crippen LogP contribution in [0.25, 0.3) is 32.9 Å². The van der Waals surface area contributed by atoms with E-state index in [0.29, 0.717) is 22.8 Å². The maximum Gasteiger partial charge on any atom is 3.00 e. The number of aryl methyl sites for hydroxylation is 2. The second-order valence-electron chi connectivity index (χ2n) is 12.8. The molecule has 0 aliphatic carbocycles. The summed E-state index contributed by atoms with van der Waals surface area (Å²) in [7, 11) is -9.72. The third-order valence-corrected chi connectivity index (χ3v) is 10.7. The summed E-state index contributed by atoms with van der Waals surface area (Å²) >= 11 is 0. The summed E-state index contributed by atoms with van der Waals surface area (Å²) in [4.78, 5) is 24.1. The molecule has 0 fully saturated rings. The molecule has 6 aromatic carbocycles. The monoisotopic (exact) mass is 897 g/mol. The maximum atomic E-state index is 12.7. The van der Waals surface area contributed by atoms with E-state index in [9.17, 15) is 45.7 Å². The second kappa shape index (κ2) is 17.3. The predicted octanol–water partition coefficient (Wildman–Crippen LogP) is 5.63. The fourth-order valence-corrected chi connectivity index (χ4v) is 7.54. The van der Waals surface area contributed by atoms with Crippen molar-refractivity contribution in [1.29, 1.82) is 0 Å². The summed E-state index contributed by atoms with van der Waals surface area (Å²) in [5, 5.41) is 49.4. The van der Waals surface area contributed by atoms with Gasteiger partial charge in [0.15, 0.2) is 0 Å². The van der Waals surface area contributed by atoms with Crippen LogP contribution < -0.4 is 31.5 Å². The smallest absolute Gasteiger partial charge is 0.871 e. The van der Waals surface area contributed by atoms with E-state index in [1.807, 2.05) is 0 Å². The molecule has 1 radical (unpaired) electrons. The van der Waals surface area contributed by atoms with Crippen LogP contribution in [0.1, 0.15) is 15.7 Å². The first-order valence-electron chi connectivity index (χ1n) is 17.4. The third-order valence-electron chi connectivity index (χ3n) is 8.90. The first kappa shape index (κ1) is 43.6. The molecule has 0 bridgehead atoms. The minimum atomic E-state index is -4.86. The first-order valence-corrected chi connectivity index (χ1v) is 20.2. The summed E-state index contributed by atoms with van der Waals surface area (Å²) in [6.45, 7) is 3.16. The number of benzene rings is 6. The van der Waals surface area contributed by atoms with Crippen molar-refractivity contribution in [3.05, 3.63) is 153 Å². The van der Waals surface area contributed by atoms with E-state index < -0.39 is 52.6 Å². The van der Waals surface area contributed by atoms with Crippen molar-refractivity contribution in [2.24, 2.45) is 20.5 Å². The van der Waals surface area contributed by atoms with Gasteiger partial charge in [0, 0.05) is 32.9 Å². The number of aromatic nitrogens is 4. The fraction of sp³-hybridized carbons (Fsp3) is 0.0500. The van der Waals surface area contributed by atoms with Crippen LogP contribution in [0.5, 0.6) is 11.5 Å². The van der Waals surface area contributed by atoms with Gasteiger partial charge in [-0.15, -0.1) is 21.6 Å². The normalized spacial score (nSPS) is 11.9. The van der Waals surface area contributed by atoms with Gasteiger partial charge in [-0.05, 0) is 36.4 Å². The van der Waals surface area contributed by atoms with Crippen molar-refractivity contribution in [2.75, 3.05) is 0 Å². The molecule has 2 heterocycles. The molecule has 0 amide bonds. The molecule has 0 atom stereocenters. The Morgan fingerprint density at radius 2 is 0.787 bits per heavy atom. The number of hydrogen-bond acceptors (Lipinski definition) is 14. The Morgan fingerprint density at radius 3 is 1.11 bits per heavy atom. The Balaban J connectivity index is 0.000000320. The van der Waals surface area contributed by atoms with Gasteiger partial charge in [-0.1, -0.05) is 110 Å². The first-order chi connectivity index (χ1) is 28.5. The van der Waals surface area contributed by atoms with E-state index in [2.05, 4.69) is 30.7 Å². The van der Waals surface area contributed by atoms with Gasteiger partial charge < -0.3 is 38.9 Å². The topological polar surface area (TPSA) is 282 Å². The number of azo groups is 2. The zero-order valence-electron chi connectivity index (χ0n) is 34.4. The minimum Gasteiger partial charge on any atom is -0.871 e. The number of hydrogen-bond donors (Lipinski definition) is 0. The van der Waals surface area contributed by atoms with Crippen LogP contribution >= 0.6 is 0 Å². The summed E-state index contributed by atoms with van der Waals surface area (Å²) < 4.78 is 71.4. The van der Waals surface area contributed by atoms with Crippen LogP contribution in [0.2, 0.25) is 0 Å². The molecule has 8 aromatic rings. The Labute approximate surface area is 360 Å². The van der Waals surface area contributed by atoms with Crippen molar-refractivity contribution >= 4 is 64.5 Å². The van der Waals surface area contributed by atoms with Crippen molar-refractivity contribution in [3.8, 4) is 22.9 Å². The van der Waals surface area contributed by atoms with Gasteiger partial charge in [-0.3, -0.25) is 9.59 Å². The molecule has 0 saturated carbocycles. The molecule has 8 rings (SSSR count). The Kier molecular flexibility index (Phi) is 12.4. The van der Waals surface area contributed by atoms with Crippen LogP contribution in [-0.4, -0.2) is 35.3 Å². The third kappa shape index (κ3) is 8.83. The number of rotatable bonds is 8. The average molecular weight is 898 g/mol.